The minimum absolute atomic E-state index is 0.266. The fraction of sp³-hybridized carbons (Fsp3) is 0.294. The predicted molar refractivity (Wildman–Crippen MR) is 77.3 cm³/mol. The number of hydrogen-bond acceptors (Lipinski definition) is 2. The summed E-state index contributed by atoms with van der Waals surface area (Å²) in [6, 6.07) is 13.4. The van der Waals surface area contributed by atoms with E-state index in [1.807, 2.05) is 6.92 Å². The van der Waals surface area contributed by atoms with Crippen molar-refractivity contribution >= 4 is 0 Å². The van der Waals surface area contributed by atoms with Crippen LogP contribution in [0.1, 0.15) is 31.4 Å². The lowest BCUT2D eigenvalue weighted by Gasteiger charge is -2.25. The van der Waals surface area contributed by atoms with Crippen molar-refractivity contribution in [1.82, 2.24) is 0 Å². The van der Waals surface area contributed by atoms with Crippen LogP contribution in [0.4, 0.5) is 4.39 Å². The van der Waals surface area contributed by atoms with Gasteiger partial charge in [-0.15, -0.1) is 0 Å². The van der Waals surface area contributed by atoms with E-state index >= 15 is 0 Å². The first-order valence-electron chi connectivity index (χ1n) is 6.76. The predicted octanol–water partition coefficient (Wildman–Crippen LogP) is 3.87. The van der Waals surface area contributed by atoms with Crippen LogP contribution in [-0.2, 0) is 5.60 Å². The van der Waals surface area contributed by atoms with Crippen molar-refractivity contribution < 1.29 is 14.2 Å². The van der Waals surface area contributed by atoms with Gasteiger partial charge < -0.3 is 9.84 Å². The first-order valence-corrected chi connectivity index (χ1v) is 6.76. The molecule has 0 spiro atoms. The van der Waals surface area contributed by atoms with Crippen LogP contribution in [0.5, 0.6) is 5.75 Å². The molecule has 0 saturated heterocycles. The van der Waals surface area contributed by atoms with Gasteiger partial charge in [0.15, 0.2) is 0 Å². The van der Waals surface area contributed by atoms with Crippen LogP contribution in [0.2, 0.25) is 0 Å². The minimum atomic E-state index is -1.37. The van der Waals surface area contributed by atoms with E-state index in [4.69, 9.17) is 4.74 Å². The van der Waals surface area contributed by atoms with Crippen molar-refractivity contribution in [1.29, 1.82) is 0 Å². The van der Waals surface area contributed by atoms with Crippen LogP contribution in [0.3, 0.4) is 0 Å². The lowest BCUT2D eigenvalue weighted by Crippen LogP contribution is -2.24. The summed E-state index contributed by atoms with van der Waals surface area (Å²) in [5, 5.41) is 10.6. The summed E-state index contributed by atoms with van der Waals surface area (Å²) < 4.78 is 19.3. The second kappa shape index (κ2) is 6.06. The van der Waals surface area contributed by atoms with Crippen LogP contribution < -0.4 is 4.74 Å². The molecule has 0 bridgehead atoms. The van der Waals surface area contributed by atoms with Crippen molar-refractivity contribution in [3.05, 3.63) is 65.5 Å². The third kappa shape index (κ3) is 2.99. The molecule has 0 aliphatic carbocycles. The molecule has 106 valence electrons. The van der Waals surface area contributed by atoms with Gasteiger partial charge in [0.25, 0.3) is 0 Å². The zero-order chi connectivity index (χ0) is 14.6. The summed E-state index contributed by atoms with van der Waals surface area (Å²) >= 11 is 0. The Hall–Kier alpha value is -1.87. The Labute approximate surface area is 118 Å². The van der Waals surface area contributed by atoms with E-state index < -0.39 is 11.4 Å². The molecule has 0 aromatic heterocycles. The van der Waals surface area contributed by atoms with Gasteiger partial charge in [-0.3, -0.25) is 0 Å². The normalized spacial score (nSPS) is 13.8. The Morgan fingerprint density at radius 1 is 1.10 bits per heavy atom. The Morgan fingerprint density at radius 3 is 2.35 bits per heavy atom. The van der Waals surface area contributed by atoms with Crippen LogP contribution in [0, 0.1) is 5.82 Å². The van der Waals surface area contributed by atoms with Gasteiger partial charge >= 0.3 is 0 Å². The molecule has 0 fully saturated rings. The van der Waals surface area contributed by atoms with E-state index in [-0.39, 0.29) is 5.56 Å². The molecule has 2 aromatic rings. The quantitative estimate of drug-likeness (QED) is 0.896. The third-order valence-electron chi connectivity index (χ3n) is 3.29. The van der Waals surface area contributed by atoms with E-state index in [0.717, 1.165) is 12.2 Å². The molecule has 2 rings (SSSR count). The van der Waals surface area contributed by atoms with E-state index in [1.54, 1.807) is 49.4 Å². The van der Waals surface area contributed by atoms with Gasteiger partial charge in [-0.25, -0.2) is 4.39 Å². The fourth-order valence-electron chi connectivity index (χ4n) is 2.11. The highest BCUT2D eigenvalue weighted by atomic mass is 19.1. The summed E-state index contributed by atoms with van der Waals surface area (Å²) in [4.78, 5) is 0. The number of hydrogen-bond donors (Lipinski definition) is 1. The van der Waals surface area contributed by atoms with Gasteiger partial charge in [0.05, 0.1) is 6.61 Å². The highest BCUT2D eigenvalue weighted by Crippen LogP contribution is 2.31. The number of ether oxygens (including phenoxy) is 1. The molecule has 0 aliphatic heterocycles. The molecule has 0 heterocycles. The number of rotatable bonds is 5. The molecule has 0 aliphatic rings. The topological polar surface area (TPSA) is 29.5 Å². The van der Waals surface area contributed by atoms with Gasteiger partial charge in [-0.05, 0) is 37.1 Å². The molecule has 2 aromatic carbocycles. The van der Waals surface area contributed by atoms with Crippen molar-refractivity contribution in [3.8, 4) is 5.75 Å². The Bertz CT molecular complexity index is 561. The summed E-state index contributed by atoms with van der Waals surface area (Å²) in [5.41, 5.74) is -0.470. The number of aliphatic hydroxyl groups is 1. The first-order chi connectivity index (χ1) is 9.55. The summed E-state index contributed by atoms with van der Waals surface area (Å²) in [6.07, 6.45) is 0.939. The maximum absolute atomic E-state index is 13.8. The second-order valence-electron chi connectivity index (χ2n) is 4.92. The highest BCUT2D eigenvalue weighted by Gasteiger charge is 2.28. The lowest BCUT2D eigenvalue weighted by molar-refractivity contribution is 0.0979. The molecule has 2 nitrogen and oxygen atoms in total. The van der Waals surface area contributed by atoms with Crippen molar-refractivity contribution in [2.24, 2.45) is 0 Å². The van der Waals surface area contributed by atoms with Crippen LogP contribution in [0.15, 0.2) is 48.5 Å². The van der Waals surface area contributed by atoms with E-state index in [9.17, 15) is 9.50 Å². The molecule has 1 N–H and O–H groups in total. The number of benzene rings is 2. The van der Waals surface area contributed by atoms with Gasteiger partial charge in [0, 0.05) is 5.56 Å². The highest BCUT2D eigenvalue weighted by molar-refractivity contribution is 5.38. The fourth-order valence-corrected chi connectivity index (χ4v) is 2.11. The third-order valence-corrected chi connectivity index (χ3v) is 3.29. The summed E-state index contributed by atoms with van der Waals surface area (Å²) in [5.74, 6) is 0.337. The van der Waals surface area contributed by atoms with Crippen LogP contribution in [-0.4, -0.2) is 11.7 Å². The number of halogens is 1. The van der Waals surface area contributed by atoms with Gasteiger partial charge in [0.2, 0.25) is 0 Å². The Balaban J connectivity index is 2.28. The van der Waals surface area contributed by atoms with E-state index in [0.29, 0.717) is 12.2 Å². The lowest BCUT2D eigenvalue weighted by atomic mass is 9.88. The molecule has 20 heavy (non-hydrogen) atoms. The molecule has 1 unspecified atom stereocenters. The second-order valence-corrected chi connectivity index (χ2v) is 4.92. The molecular weight excluding hydrogens is 255 g/mol. The monoisotopic (exact) mass is 274 g/mol. The molecular formula is C17H19FO2. The SMILES string of the molecule is CCCOc1ccc(C(C)(O)c2ccccc2F)cc1. The molecule has 3 heteroatoms. The zero-order valence-electron chi connectivity index (χ0n) is 11.8. The van der Waals surface area contributed by atoms with E-state index in [1.165, 1.54) is 6.07 Å². The summed E-state index contributed by atoms with van der Waals surface area (Å²) in [6.45, 7) is 4.29. The summed E-state index contributed by atoms with van der Waals surface area (Å²) in [7, 11) is 0. The maximum Gasteiger partial charge on any atom is 0.129 e. The first kappa shape index (κ1) is 14.5. The smallest absolute Gasteiger partial charge is 0.129 e. The van der Waals surface area contributed by atoms with Crippen LogP contribution >= 0.6 is 0 Å². The average Bonchev–Trinajstić information content (AvgIpc) is 2.46. The van der Waals surface area contributed by atoms with Gasteiger partial charge in [0.1, 0.15) is 17.2 Å². The largest absolute Gasteiger partial charge is 0.494 e. The molecule has 0 radical (unpaired) electrons. The van der Waals surface area contributed by atoms with Crippen molar-refractivity contribution in [2.75, 3.05) is 6.61 Å². The average molecular weight is 274 g/mol. The van der Waals surface area contributed by atoms with Gasteiger partial charge in [-0.1, -0.05) is 37.3 Å². The molecule has 0 saturated carbocycles. The Kier molecular flexibility index (Phi) is 4.40. The van der Waals surface area contributed by atoms with Crippen molar-refractivity contribution in [3.63, 3.8) is 0 Å². The molecule has 1 atom stereocenters. The maximum atomic E-state index is 13.8. The minimum Gasteiger partial charge on any atom is -0.494 e. The van der Waals surface area contributed by atoms with Crippen LogP contribution in [0.25, 0.3) is 0 Å². The zero-order valence-corrected chi connectivity index (χ0v) is 11.8. The molecule has 0 amide bonds. The van der Waals surface area contributed by atoms with E-state index in [2.05, 4.69) is 0 Å². The standard InChI is InChI=1S/C17H19FO2/c1-3-12-20-14-10-8-13(9-11-14)17(2,19)15-6-4-5-7-16(15)18/h4-11,19H,3,12H2,1-2H3. The Morgan fingerprint density at radius 2 is 1.75 bits per heavy atom. The van der Waals surface area contributed by atoms with Gasteiger partial charge in [-0.2, -0.15) is 0 Å². The van der Waals surface area contributed by atoms with Crippen molar-refractivity contribution in [2.45, 2.75) is 25.9 Å².